The molecule has 0 spiro atoms. The number of aliphatic carboxylic acids is 1. The van der Waals surface area contributed by atoms with Crippen molar-refractivity contribution in [3.63, 3.8) is 0 Å². The van der Waals surface area contributed by atoms with E-state index in [1.54, 1.807) is 6.20 Å². The molecule has 3 aliphatic rings. The lowest BCUT2D eigenvalue weighted by molar-refractivity contribution is -0.138. The summed E-state index contributed by atoms with van der Waals surface area (Å²) in [5.74, 6) is 0.707. The van der Waals surface area contributed by atoms with Gasteiger partial charge in [0.2, 0.25) is 0 Å². The van der Waals surface area contributed by atoms with Crippen LogP contribution in [-0.2, 0) is 17.0 Å². The Morgan fingerprint density at radius 2 is 1.85 bits per heavy atom. The first-order chi connectivity index (χ1) is 19.8. The van der Waals surface area contributed by atoms with Crippen LogP contribution in [0.2, 0.25) is 5.02 Å². The molecule has 0 unspecified atom stereocenters. The highest BCUT2D eigenvalue weighted by Gasteiger charge is 2.45. The van der Waals surface area contributed by atoms with Gasteiger partial charge in [0.25, 0.3) is 0 Å². The molecular formula is C33H35ClN2O5. The summed E-state index contributed by atoms with van der Waals surface area (Å²) < 4.78 is 12.3. The molecule has 6 rings (SSSR count). The molecule has 2 aromatic carbocycles. The highest BCUT2D eigenvalue weighted by atomic mass is 35.5. The van der Waals surface area contributed by atoms with E-state index < -0.39 is 11.6 Å². The molecule has 0 amide bonds. The third kappa shape index (κ3) is 6.27. The van der Waals surface area contributed by atoms with Gasteiger partial charge in [-0.2, -0.15) is 0 Å². The summed E-state index contributed by atoms with van der Waals surface area (Å²) in [4.78, 5) is 18.3. The Kier molecular flexibility index (Phi) is 7.77. The molecule has 41 heavy (non-hydrogen) atoms. The zero-order chi connectivity index (χ0) is 28.5. The van der Waals surface area contributed by atoms with Crippen LogP contribution in [0.25, 0.3) is 5.57 Å². The first kappa shape index (κ1) is 27.8. The van der Waals surface area contributed by atoms with Crippen molar-refractivity contribution in [3.05, 3.63) is 94.3 Å². The second-order valence-electron chi connectivity index (χ2n) is 11.6. The lowest BCUT2D eigenvalue weighted by Crippen LogP contribution is -2.42. The van der Waals surface area contributed by atoms with Crippen molar-refractivity contribution in [3.8, 4) is 11.5 Å². The van der Waals surface area contributed by atoms with E-state index in [1.165, 1.54) is 0 Å². The monoisotopic (exact) mass is 574 g/mol. The van der Waals surface area contributed by atoms with Crippen LogP contribution < -0.4 is 9.47 Å². The fourth-order valence-corrected chi connectivity index (χ4v) is 6.06. The van der Waals surface area contributed by atoms with Gasteiger partial charge in [0, 0.05) is 47.4 Å². The molecule has 2 fully saturated rings. The van der Waals surface area contributed by atoms with Gasteiger partial charge in [0.05, 0.1) is 24.3 Å². The van der Waals surface area contributed by atoms with Gasteiger partial charge in [0.1, 0.15) is 18.1 Å². The molecule has 0 atom stereocenters. The number of benzene rings is 2. The van der Waals surface area contributed by atoms with Gasteiger partial charge in [-0.1, -0.05) is 35.9 Å². The van der Waals surface area contributed by atoms with Crippen molar-refractivity contribution < 1.29 is 24.5 Å². The minimum atomic E-state index is -0.818. The third-order valence-corrected chi connectivity index (χ3v) is 8.92. The van der Waals surface area contributed by atoms with Crippen molar-refractivity contribution >= 4 is 23.1 Å². The normalized spacial score (nSPS) is 19.9. The maximum absolute atomic E-state index is 11.3. The Morgan fingerprint density at radius 3 is 2.59 bits per heavy atom. The van der Waals surface area contributed by atoms with Crippen molar-refractivity contribution in [1.82, 2.24) is 9.88 Å². The Hall–Kier alpha value is -3.39. The van der Waals surface area contributed by atoms with Gasteiger partial charge in [-0.25, -0.2) is 0 Å². The number of aromatic nitrogens is 1. The maximum atomic E-state index is 11.3. The number of hydrogen-bond donors (Lipinski definition) is 2. The zero-order valence-corrected chi connectivity index (χ0v) is 23.8. The number of hydrogen-bond acceptors (Lipinski definition) is 6. The average molecular weight is 575 g/mol. The Balaban J connectivity index is 1.17. The molecule has 3 aromatic rings. The predicted octanol–water partition coefficient (Wildman–Crippen LogP) is 6.07. The van der Waals surface area contributed by atoms with Gasteiger partial charge >= 0.3 is 5.97 Å². The molecule has 7 nitrogen and oxygen atoms in total. The minimum absolute atomic E-state index is 0.138. The lowest BCUT2D eigenvalue weighted by atomic mass is 9.84. The van der Waals surface area contributed by atoms with Gasteiger partial charge in [-0.15, -0.1) is 0 Å². The fraction of sp³-hybridized carbons (Fsp3) is 0.394. The van der Waals surface area contributed by atoms with Crippen LogP contribution in [0.5, 0.6) is 11.5 Å². The largest absolute Gasteiger partial charge is 0.493 e. The van der Waals surface area contributed by atoms with E-state index >= 15 is 0 Å². The molecule has 0 radical (unpaired) electrons. The summed E-state index contributed by atoms with van der Waals surface area (Å²) in [5, 5.41) is 21.2. The van der Waals surface area contributed by atoms with Crippen molar-refractivity contribution in [2.75, 3.05) is 26.2 Å². The summed E-state index contributed by atoms with van der Waals surface area (Å²) in [5.41, 5.74) is 3.81. The minimum Gasteiger partial charge on any atom is -0.493 e. The molecule has 1 saturated heterocycles. The summed E-state index contributed by atoms with van der Waals surface area (Å²) in [7, 11) is 0. The number of aliphatic hydroxyl groups is 1. The average Bonchev–Trinajstić information content (AvgIpc) is 3.75. The van der Waals surface area contributed by atoms with E-state index in [2.05, 4.69) is 22.0 Å². The first-order valence-electron chi connectivity index (χ1n) is 14.3. The van der Waals surface area contributed by atoms with E-state index in [0.29, 0.717) is 36.8 Å². The van der Waals surface area contributed by atoms with E-state index in [-0.39, 0.29) is 11.8 Å². The van der Waals surface area contributed by atoms with E-state index in [1.807, 2.05) is 48.5 Å². The molecule has 1 saturated carbocycles. The number of likely N-dealkylation sites (tertiary alicyclic amines) is 1. The number of fused-ring (bicyclic) bond motifs is 2. The van der Waals surface area contributed by atoms with Crippen LogP contribution in [0.1, 0.15) is 60.9 Å². The Bertz CT molecular complexity index is 1440. The van der Waals surface area contributed by atoms with Crippen LogP contribution in [0.15, 0.2) is 66.9 Å². The number of nitrogens with zero attached hydrogens (tertiary/aromatic N) is 2. The quantitative estimate of drug-likeness (QED) is 0.320. The van der Waals surface area contributed by atoms with Gasteiger partial charge < -0.3 is 24.6 Å². The number of carboxylic acids is 1. The summed E-state index contributed by atoms with van der Waals surface area (Å²) in [6.07, 6.45) is 8.13. The molecule has 214 valence electrons. The second kappa shape index (κ2) is 11.5. The number of rotatable bonds is 9. The molecule has 0 bridgehead atoms. The molecule has 2 N–H and O–H groups in total. The van der Waals surface area contributed by atoms with Crippen LogP contribution in [-0.4, -0.2) is 52.3 Å². The van der Waals surface area contributed by atoms with E-state index in [0.717, 1.165) is 72.6 Å². The maximum Gasteiger partial charge on any atom is 0.304 e. The molecule has 2 aliphatic heterocycles. The fourth-order valence-electron chi connectivity index (χ4n) is 5.94. The number of carbonyl (C=O) groups is 1. The smallest absolute Gasteiger partial charge is 0.304 e. The van der Waals surface area contributed by atoms with Crippen molar-refractivity contribution in [2.24, 2.45) is 5.41 Å². The molecule has 1 aromatic heterocycles. The molecular weight excluding hydrogens is 540 g/mol. The third-order valence-electron chi connectivity index (χ3n) is 8.67. The Labute approximate surface area is 245 Å². The summed E-state index contributed by atoms with van der Waals surface area (Å²) in [6.45, 7) is 3.29. The van der Waals surface area contributed by atoms with E-state index in [9.17, 15) is 15.0 Å². The number of ether oxygens (including phenoxy) is 2. The molecule has 3 heterocycles. The van der Waals surface area contributed by atoms with Crippen LogP contribution in [0.4, 0.5) is 0 Å². The van der Waals surface area contributed by atoms with E-state index in [4.69, 9.17) is 21.1 Å². The number of pyridine rings is 1. The van der Waals surface area contributed by atoms with Crippen LogP contribution >= 0.6 is 11.6 Å². The Morgan fingerprint density at radius 1 is 1.07 bits per heavy atom. The summed E-state index contributed by atoms with van der Waals surface area (Å²) in [6, 6.07) is 17.4. The lowest BCUT2D eigenvalue weighted by Gasteiger charge is -2.38. The molecule has 8 heteroatoms. The highest BCUT2D eigenvalue weighted by Crippen LogP contribution is 2.49. The predicted molar refractivity (Wildman–Crippen MR) is 157 cm³/mol. The van der Waals surface area contributed by atoms with Crippen LogP contribution in [0.3, 0.4) is 0 Å². The zero-order valence-electron chi connectivity index (χ0n) is 23.0. The highest BCUT2D eigenvalue weighted by molar-refractivity contribution is 6.30. The van der Waals surface area contributed by atoms with Crippen LogP contribution in [0, 0.1) is 5.41 Å². The van der Waals surface area contributed by atoms with Crippen molar-refractivity contribution in [2.45, 2.75) is 50.7 Å². The number of piperidine rings is 1. The SMILES string of the molecule is O=C(O)CC1(COc2ccc3c(c2)/C(=C/CCN2CCC(O)(c4ccc(Cl)cc4)CC2)c2cccnc2CO3)CC1. The topological polar surface area (TPSA) is 92.1 Å². The van der Waals surface area contributed by atoms with Gasteiger partial charge in [-0.05, 0) is 79.6 Å². The van der Waals surface area contributed by atoms with Gasteiger partial charge in [0.15, 0.2) is 0 Å². The van der Waals surface area contributed by atoms with Gasteiger partial charge in [-0.3, -0.25) is 9.78 Å². The molecule has 1 aliphatic carbocycles. The van der Waals surface area contributed by atoms with Crippen molar-refractivity contribution in [1.29, 1.82) is 0 Å². The number of halogens is 1. The summed E-state index contributed by atoms with van der Waals surface area (Å²) >= 11 is 6.04. The second-order valence-corrected chi connectivity index (χ2v) is 12.0. The first-order valence-corrected chi connectivity index (χ1v) is 14.7. The number of carboxylic acid groups (broad SMARTS) is 1. The standard InChI is InChI=1S/C33H35ClN2O5/c34-24-7-5-23(6-8-24)33(39)13-17-36(18-14-33)16-2-4-26-27-3-1-15-35-29(27)21-40-30-10-9-25(19-28(26)30)41-22-32(11-12-32)20-31(37)38/h1,3-10,15,19,39H,2,11-14,16-18,20-22H2,(H,37,38)/b26-4+.